The molecule has 0 spiro atoms. The highest BCUT2D eigenvalue weighted by Crippen LogP contribution is 2.30. The molecule has 24 heavy (non-hydrogen) atoms. The molecule has 6 nitrogen and oxygen atoms in total. The molecule has 0 radical (unpaired) electrons. The van der Waals surface area contributed by atoms with Crippen molar-refractivity contribution in [1.29, 1.82) is 5.26 Å². The van der Waals surface area contributed by atoms with Crippen LogP contribution in [0, 0.1) is 11.3 Å². The number of carbonyl (C=O) groups is 1. The number of halogens is 2. The predicted molar refractivity (Wildman–Crippen MR) is 79.0 cm³/mol. The maximum Gasteiger partial charge on any atom is 0.315 e. The average molecular weight is 332 g/mol. The van der Waals surface area contributed by atoms with E-state index >= 15 is 0 Å². The van der Waals surface area contributed by atoms with Crippen LogP contribution < -0.4 is 0 Å². The normalized spacial score (nSPS) is 15.1. The van der Waals surface area contributed by atoms with Crippen LogP contribution in [0.15, 0.2) is 28.8 Å². The minimum absolute atomic E-state index is 0.0359. The first-order valence-electron chi connectivity index (χ1n) is 7.45. The molecule has 8 heteroatoms. The van der Waals surface area contributed by atoms with Crippen molar-refractivity contribution in [3.05, 3.63) is 35.7 Å². The SMILES string of the molecule is CC(C#N)N(C(=O)c1ccc(-c2noc(C(F)F)n2)cc1)C1CC1. The van der Waals surface area contributed by atoms with Gasteiger partial charge in [0.1, 0.15) is 6.04 Å². The van der Waals surface area contributed by atoms with E-state index in [0.29, 0.717) is 11.1 Å². The molecule has 1 aliphatic carbocycles. The first kappa shape index (κ1) is 16.1. The lowest BCUT2D eigenvalue weighted by molar-refractivity contribution is 0.0714. The lowest BCUT2D eigenvalue weighted by atomic mass is 10.1. The minimum atomic E-state index is -2.83. The molecule has 0 bridgehead atoms. The molecule has 3 rings (SSSR count). The first-order chi connectivity index (χ1) is 11.5. The quantitative estimate of drug-likeness (QED) is 0.839. The number of rotatable bonds is 5. The topological polar surface area (TPSA) is 83.0 Å². The Labute approximate surface area is 136 Å². The van der Waals surface area contributed by atoms with Gasteiger partial charge in [0, 0.05) is 17.2 Å². The van der Waals surface area contributed by atoms with E-state index in [4.69, 9.17) is 5.26 Å². The molecule has 1 aromatic heterocycles. The molecule has 1 fully saturated rings. The van der Waals surface area contributed by atoms with E-state index in [2.05, 4.69) is 20.7 Å². The van der Waals surface area contributed by atoms with Gasteiger partial charge in [0.2, 0.25) is 5.82 Å². The smallest absolute Gasteiger partial charge is 0.315 e. The summed E-state index contributed by atoms with van der Waals surface area (Å²) >= 11 is 0. The fraction of sp³-hybridized carbons (Fsp3) is 0.375. The zero-order valence-corrected chi connectivity index (χ0v) is 12.8. The van der Waals surface area contributed by atoms with Crippen LogP contribution >= 0.6 is 0 Å². The van der Waals surface area contributed by atoms with E-state index in [9.17, 15) is 13.6 Å². The van der Waals surface area contributed by atoms with Crippen molar-refractivity contribution in [2.45, 2.75) is 38.3 Å². The second kappa shape index (κ2) is 6.35. The maximum atomic E-state index is 12.6. The van der Waals surface area contributed by atoms with Gasteiger partial charge >= 0.3 is 6.43 Å². The first-order valence-corrected chi connectivity index (χ1v) is 7.45. The van der Waals surface area contributed by atoms with Crippen LogP contribution in [-0.2, 0) is 0 Å². The third kappa shape index (κ3) is 3.11. The zero-order valence-electron chi connectivity index (χ0n) is 12.8. The summed E-state index contributed by atoms with van der Waals surface area (Å²) < 4.78 is 29.4. The highest BCUT2D eigenvalue weighted by Gasteiger charge is 2.36. The number of nitrogens with zero attached hydrogens (tertiary/aromatic N) is 4. The highest BCUT2D eigenvalue weighted by atomic mass is 19.3. The molecule has 124 valence electrons. The number of carbonyl (C=O) groups excluding carboxylic acids is 1. The molecule has 0 aliphatic heterocycles. The standard InChI is InChI=1S/C16H14F2N4O2/c1-9(8-19)22(12-6-7-12)16(23)11-4-2-10(3-5-11)14-20-15(13(17)18)24-21-14/h2-5,9,12-13H,6-7H2,1H3. The molecule has 1 atom stereocenters. The number of aromatic nitrogens is 2. The molecule has 2 aromatic rings. The van der Waals surface area contributed by atoms with Crippen LogP contribution in [0.25, 0.3) is 11.4 Å². The molecule has 1 unspecified atom stereocenters. The highest BCUT2D eigenvalue weighted by molar-refractivity contribution is 5.95. The number of hydrogen-bond acceptors (Lipinski definition) is 5. The van der Waals surface area contributed by atoms with Gasteiger partial charge in [-0.15, -0.1) is 0 Å². The van der Waals surface area contributed by atoms with E-state index in [1.165, 1.54) is 0 Å². The zero-order chi connectivity index (χ0) is 17.3. The summed E-state index contributed by atoms with van der Waals surface area (Å²) in [7, 11) is 0. The Hall–Kier alpha value is -2.82. The van der Waals surface area contributed by atoms with E-state index < -0.39 is 18.4 Å². The third-order valence-electron chi connectivity index (χ3n) is 3.80. The molecule has 1 amide bonds. The van der Waals surface area contributed by atoms with Gasteiger partial charge in [-0.25, -0.2) is 0 Å². The van der Waals surface area contributed by atoms with Gasteiger partial charge in [-0.05, 0) is 31.9 Å². The molecular formula is C16H14F2N4O2. The monoisotopic (exact) mass is 332 g/mol. The Balaban J connectivity index is 1.80. The number of nitriles is 1. The Bertz CT molecular complexity index is 778. The van der Waals surface area contributed by atoms with Gasteiger partial charge in [0.05, 0.1) is 6.07 Å². The van der Waals surface area contributed by atoms with E-state index in [-0.39, 0.29) is 17.8 Å². The number of alkyl halides is 2. The fourth-order valence-electron chi connectivity index (χ4n) is 2.42. The van der Waals surface area contributed by atoms with Crippen LogP contribution in [0.4, 0.5) is 8.78 Å². The molecule has 0 saturated heterocycles. The van der Waals surface area contributed by atoms with Crippen molar-refractivity contribution in [2.75, 3.05) is 0 Å². The predicted octanol–water partition coefficient (Wildman–Crippen LogP) is 3.19. The molecule has 0 N–H and O–H groups in total. The van der Waals surface area contributed by atoms with Crippen LogP contribution in [-0.4, -0.2) is 33.0 Å². The van der Waals surface area contributed by atoms with Crippen molar-refractivity contribution in [3.63, 3.8) is 0 Å². The second-order valence-corrected chi connectivity index (χ2v) is 5.58. The van der Waals surface area contributed by atoms with Crippen LogP contribution in [0.3, 0.4) is 0 Å². The van der Waals surface area contributed by atoms with Crippen molar-refractivity contribution in [2.24, 2.45) is 0 Å². The Kier molecular flexibility index (Phi) is 4.25. The molecule has 1 saturated carbocycles. The van der Waals surface area contributed by atoms with Crippen LogP contribution in [0.2, 0.25) is 0 Å². The summed E-state index contributed by atoms with van der Waals surface area (Å²) in [4.78, 5) is 17.8. The van der Waals surface area contributed by atoms with Gasteiger partial charge in [-0.2, -0.15) is 19.0 Å². The van der Waals surface area contributed by atoms with E-state index in [0.717, 1.165) is 12.8 Å². The molecule has 1 aromatic carbocycles. The van der Waals surface area contributed by atoms with Gasteiger partial charge in [-0.1, -0.05) is 17.3 Å². The van der Waals surface area contributed by atoms with Crippen molar-refractivity contribution in [1.82, 2.24) is 15.0 Å². The van der Waals surface area contributed by atoms with Crippen molar-refractivity contribution >= 4 is 5.91 Å². The van der Waals surface area contributed by atoms with Crippen molar-refractivity contribution in [3.8, 4) is 17.5 Å². The number of benzene rings is 1. The Morgan fingerprint density at radius 2 is 2.04 bits per heavy atom. The second-order valence-electron chi connectivity index (χ2n) is 5.58. The van der Waals surface area contributed by atoms with Crippen LogP contribution in [0.1, 0.15) is 42.4 Å². The maximum absolute atomic E-state index is 12.6. The fourth-order valence-corrected chi connectivity index (χ4v) is 2.42. The molecule has 1 heterocycles. The van der Waals surface area contributed by atoms with Gasteiger partial charge in [0.25, 0.3) is 11.8 Å². The van der Waals surface area contributed by atoms with Gasteiger partial charge in [-0.3, -0.25) is 4.79 Å². The summed E-state index contributed by atoms with van der Waals surface area (Å²) in [5.74, 6) is -0.930. The van der Waals surface area contributed by atoms with Crippen LogP contribution in [0.5, 0.6) is 0 Å². The van der Waals surface area contributed by atoms with Crippen molar-refractivity contribution < 1.29 is 18.1 Å². The minimum Gasteiger partial charge on any atom is -0.333 e. The summed E-state index contributed by atoms with van der Waals surface area (Å²) in [5.41, 5.74) is 0.888. The van der Waals surface area contributed by atoms with E-state index in [1.807, 2.05) is 0 Å². The third-order valence-corrected chi connectivity index (χ3v) is 3.80. The Morgan fingerprint density at radius 3 is 2.54 bits per heavy atom. The van der Waals surface area contributed by atoms with Gasteiger partial charge < -0.3 is 9.42 Å². The number of amides is 1. The Morgan fingerprint density at radius 1 is 1.38 bits per heavy atom. The lowest BCUT2D eigenvalue weighted by Gasteiger charge is -2.24. The van der Waals surface area contributed by atoms with Gasteiger partial charge in [0.15, 0.2) is 0 Å². The number of hydrogen-bond donors (Lipinski definition) is 0. The largest absolute Gasteiger partial charge is 0.333 e. The summed E-state index contributed by atoms with van der Waals surface area (Å²) in [5, 5.41) is 12.6. The molecular weight excluding hydrogens is 318 g/mol. The molecule has 1 aliphatic rings. The van der Waals surface area contributed by atoms with E-state index in [1.54, 1.807) is 36.1 Å². The average Bonchev–Trinajstić information content (AvgIpc) is 3.28. The lowest BCUT2D eigenvalue weighted by Crippen LogP contribution is -2.39. The summed E-state index contributed by atoms with van der Waals surface area (Å²) in [6, 6.07) is 7.95. The summed E-state index contributed by atoms with van der Waals surface area (Å²) in [6.45, 7) is 1.69. The summed E-state index contributed by atoms with van der Waals surface area (Å²) in [6.07, 6.45) is -1.03.